The number of H-pyrrole nitrogens is 1. The molecule has 0 radical (unpaired) electrons. The number of carbonyl (C=O) groups is 2. The average Bonchev–Trinajstić information content (AvgIpc) is 3.53. The van der Waals surface area contributed by atoms with Crippen LogP contribution in [0.2, 0.25) is 0 Å². The molecule has 2 amide bonds. The largest absolute Gasteiger partial charge is 0.449 e. The molecule has 3 aromatic rings. The van der Waals surface area contributed by atoms with Crippen LogP contribution in [0.1, 0.15) is 61.4 Å². The fourth-order valence-corrected chi connectivity index (χ4v) is 4.08. The number of aromatic amines is 1. The van der Waals surface area contributed by atoms with Crippen molar-refractivity contribution in [2.75, 3.05) is 19.7 Å². The molecule has 178 valence electrons. The number of nitrogens with one attached hydrogen (secondary N) is 3. The van der Waals surface area contributed by atoms with Gasteiger partial charge < -0.3 is 14.6 Å². The Morgan fingerprint density at radius 1 is 1.06 bits per heavy atom. The number of alkyl carbamates (subject to hydrolysis) is 1. The molecule has 1 saturated heterocycles. The SMILES string of the molecule is CCCCCCOC(=O)NC(=N)c1ccc2nc(-c3ccc(C(=O)N4CCCC4)cc3)[nH]c2c1. The van der Waals surface area contributed by atoms with E-state index in [0.717, 1.165) is 68.2 Å². The van der Waals surface area contributed by atoms with Crippen molar-refractivity contribution < 1.29 is 14.3 Å². The molecule has 34 heavy (non-hydrogen) atoms. The van der Waals surface area contributed by atoms with Crippen LogP contribution in [0.3, 0.4) is 0 Å². The molecule has 1 fully saturated rings. The molecular weight excluding hydrogens is 430 g/mol. The first kappa shape index (κ1) is 23.5. The Labute approximate surface area is 199 Å². The van der Waals surface area contributed by atoms with E-state index >= 15 is 0 Å². The predicted octanol–water partition coefficient (Wildman–Crippen LogP) is 5.10. The van der Waals surface area contributed by atoms with Crippen molar-refractivity contribution in [3.63, 3.8) is 0 Å². The summed E-state index contributed by atoms with van der Waals surface area (Å²) in [7, 11) is 0. The van der Waals surface area contributed by atoms with Crippen LogP contribution < -0.4 is 5.32 Å². The van der Waals surface area contributed by atoms with Gasteiger partial charge in [0.1, 0.15) is 11.7 Å². The standard InChI is InChI=1S/C26H31N5O3/c1-2-3-4-7-16-34-26(33)30-23(27)20-12-13-21-22(17-20)29-24(28-21)18-8-10-19(11-9-18)25(32)31-14-5-6-15-31/h8-13,17H,2-7,14-16H2,1H3,(H,28,29)(H2,27,30,33). The van der Waals surface area contributed by atoms with Gasteiger partial charge in [-0.3, -0.25) is 15.5 Å². The number of carbonyl (C=O) groups excluding carboxylic acids is 2. The number of ether oxygens (including phenoxy) is 1. The molecule has 0 spiro atoms. The summed E-state index contributed by atoms with van der Waals surface area (Å²) in [6.07, 6.45) is 5.61. The fourth-order valence-electron chi connectivity index (χ4n) is 4.08. The number of hydrogen-bond donors (Lipinski definition) is 3. The highest BCUT2D eigenvalue weighted by atomic mass is 16.5. The number of likely N-dealkylation sites (tertiary alicyclic amines) is 1. The third-order valence-electron chi connectivity index (χ3n) is 6.03. The number of amides is 2. The van der Waals surface area contributed by atoms with Crippen molar-refractivity contribution in [3.05, 3.63) is 53.6 Å². The smallest absolute Gasteiger partial charge is 0.412 e. The molecule has 1 aliphatic rings. The topological polar surface area (TPSA) is 111 Å². The molecular formula is C26H31N5O3. The molecule has 1 aromatic heterocycles. The Kier molecular flexibility index (Phi) is 7.57. The van der Waals surface area contributed by atoms with E-state index in [9.17, 15) is 9.59 Å². The van der Waals surface area contributed by atoms with Crippen LogP contribution in [-0.2, 0) is 4.74 Å². The van der Waals surface area contributed by atoms with Crippen LogP contribution in [0.25, 0.3) is 22.4 Å². The molecule has 2 heterocycles. The van der Waals surface area contributed by atoms with E-state index in [2.05, 4.69) is 22.2 Å². The second-order valence-corrected chi connectivity index (χ2v) is 8.59. The molecule has 0 unspecified atom stereocenters. The van der Waals surface area contributed by atoms with E-state index in [1.165, 1.54) is 0 Å². The van der Waals surface area contributed by atoms with Gasteiger partial charge in [0.05, 0.1) is 17.6 Å². The highest BCUT2D eigenvalue weighted by molar-refractivity contribution is 6.06. The van der Waals surface area contributed by atoms with Gasteiger partial charge in [-0.1, -0.05) is 38.3 Å². The molecule has 0 aliphatic carbocycles. The first-order valence-corrected chi connectivity index (χ1v) is 12.0. The minimum absolute atomic E-state index is 0.0265. The van der Waals surface area contributed by atoms with E-state index in [4.69, 9.17) is 10.1 Å². The van der Waals surface area contributed by atoms with Crippen LogP contribution in [-0.4, -0.2) is 52.4 Å². The van der Waals surface area contributed by atoms with Crippen molar-refractivity contribution in [2.45, 2.75) is 45.4 Å². The first-order chi connectivity index (χ1) is 16.5. The summed E-state index contributed by atoms with van der Waals surface area (Å²) >= 11 is 0. The van der Waals surface area contributed by atoms with E-state index < -0.39 is 6.09 Å². The molecule has 8 heteroatoms. The van der Waals surface area contributed by atoms with Gasteiger partial charge in [-0.05, 0) is 49.6 Å². The summed E-state index contributed by atoms with van der Waals surface area (Å²) < 4.78 is 5.15. The Hall–Kier alpha value is -3.68. The lowest BCUT2D eigenvalue weighted by Crippen LogP contribution is -2.31. The van der Waals surface area contributed by atoms with E-state index in [0.29, 0.717) is 23.6 Å². The van der Waals surface area contributed by atoms with Crippen LogP contribution >= 0.6 is 0 Å². The van der Waals surface area contributed by atoms with Crippen molar-refractivity contribution in [3.8, 4) is 11.4 Å². The quantitative estimate of drug-likeness (QED) is 0.246. The zero-order valence-electron chi connectivity index (χ0n) is 19.5. The zero-order valence-corrected chi connectivity index (χ0v) is 19.5. The van der Waals surface area contributed by atoms with Gasteiger partial charge in [-0.15, -0.1) is 0 Å². The van der Waals surface area contributed by atoms with Gasteiger partial charge in [-0.2, -0.15) is 0 Å². The zero-order chi connectivity index (χ0) is 23.9. The number of hydrogen-bond acceptors (Lipinski definition) is 5. The van der Waals surface area contributed by atoms with Gasteiger partial charge >= 0.3 is 6.09 Å². The summed E-state index contributed by atoms with van der Waals surface area (Å²) in [6, 6.07) is 12.8. The van der Waals surface area contributed by atoms with E-state index in [1.807, 2.05) is 35.2 Å². The lowest BCUT2D eigenvalue weighted by atomic mass is 10.1. The number of fused-ring (bicyclic) bond motifs is 1. The number of rotatable bonds is 8. The Morgan fingerprint density at radius 2 is 1.79 bits per heavy atom. The third kappa shape index (κ3) is 5.62. The first-order valence-electron chi connectivity index (χ1n) is 12.0. The number of nitrogens with zero attached hydrogens (tertiary/aromatic N) is 2. The average molecular weight is 462 g/mol. The summed E-state index contributed by atoms with van der Waals surface area (Å²) in [4.78, 5) is 34.3. The van der Waals surface area contributed by atoms with E-state index in [-0.39, 0.29) is 11.7 Å². The van der Waals surface area contributed by atoms with Gasteiger partial charge in [-0.25, -0.2) is 9.78 Å². The van der Waals surface area contributed by atoms with Gasteiger partial charge in [0, 0.05) is 29.8 Å². The summed E-state index contributed by atoms with van der Waals surface area (Å²) in [5, 5.41) is 10.7. The van der Waals surface area contributed by atoms with Crippen molar-refractivity contribution >= 4 is 28.9 Å². The second-order valence-electron chi connectivity index (χ2n) is 8.59. The maximum atomic E-state index is 12.6. The second kappa shape index (κ2) is 11.0. The van der Waals surface area contributed by atoms with Crippen LogP contribution in [0.4, 0.5) is 4.79 Å². The summed E-state index contributed by atoms with van der Waals surface area (Å²) in [5.41, 5.74) is 3.61. The van der Waals surface area contributed by atoms with Gasteiger partial charge in [0.25, 0.3) is 5.91 Å². The summed E-state index contributed by atoms with van der Waals surface area (Å²) in [5.74, 6) is 0.725. The van der Waals surface area contributed by atoms with Gasteiger partial charge in [0.2, 0.25) is 0 Å². The highest BCUT2D eigenvalue weighted by Gasteiger charge is 2.19. The lowest BCUT2D eigenvalue weighted by Gasteiger charge is -2.15. The lowest BCUT2D eigenvalue weighted by molar-refractivity contribution is 0.0792. The predicted molar refractivity (Wildman–Crippen MR) is 132 cm³/mol. The minimum Gasteiger partial charge on any atom is -0.449 e. The normalized spacial score (nSPS) is 13.3. The highest BCUT2D eigenvalue weighted by Crippen LogP contribution is 2.23. The molecule has 8 nitrogen and oxygen atoms in total. The van der Waals surface area contributed by atoms with Crippen LogP contribution in [0.5, 0.6) is 0 Å². The monoisotopic (exact) mass is 461 g/mol. The maximum Gasteiger partial charge on any atom is 0.412 e. The van der Waals surface area contributed by atoms with Crippen molar-refractivity contribution in [1.29, 1.82) is 5.41 Å². The number of benzene rings is 2. The van der Waals surface area contributed by atoms with Crippen LogP contribution in [0.15, 0.2) is 42.5 Å². The number of aromatic nitrogens is 2. The Morgan fingerprint density at radius 3 is 2.53 bits per heavy atom. The fraction of sp³-hybridized carbons (Fsp3) is 0.385. The van der Waals surface area contributed by atoms with Crippen LogP contribution in [0, 0.1) is 5.41 Å². The number of imidazole rings is 1. The third-order valence-corrected chi connectivity index (χ3v) is 6.03. The molecule has 3 N–H and O–H groups in total. The van der Waals surface area contributed by atoms with E-state index in [1.54, 1.807) is 12.1 Å². The number of amidine groups is 1. The van der Waals surface area contributed by atoms with Gasteiger partial charge in [0.15, 0.2) is 0 Å². The molecule has 2 aromatic carbocycles. The Bertz CT molecular complexity index is 1160. The molecule has 0 bridgehead atoms. The Balaban J connectivity index is 1.39. The molecule has 4 rings (SSSR count). The van der Waals surface area contributed by atoms with Crippen molar-refractivity contribution in [2.24, 2.45) is 0 Å². The molecule has 1 aliphatic heterocycles. The maximum absolute atomic E-state index is 12.6. The summed E-state index contributed by atoms with van der Waals surface area (Å²) in [6.45, 7) is 4.13. The number of unbranched alkanes of at least 4 members (excludes halogenated alkanes) is 3. The molecule has 0 atom stereocenters. The van der Waals surface area contributed by atoms with Crippen molar-refractivity contribution in [1.82, 2.24) is 20.2 Å². The molecule has 0 saturated carbocycles. The minimum atomic E-state index is -0.615.